The number of aliphatic imine (C=N–C) groups is 1. The van der Waals surface area contributed by atoms with Gasteiger partial charge in [0, 0.05) is 45.2 Å². The van der Waals surface area contributed by atoms with Crippen molar-refractivity contribution in [2.45, 2.75) is 31.9 Å². The summed E-state index contributed by atoms with van der Waals surface area (Å²) in [5, 5.41) is 6.67. The predicted molar refractivity (Wildman–Crippen MR) is 138 cm³/mol. The maximum Gasteiger partial charge on any atom is 0.191 e. The van der Waals surface area contributed by atoms with E-state index >= 15 is 0 Å². The van der Waals surface area contributed by atoms with Crippen LogP contribution < -0.4 is 15.5 Å². The summed E-state index contributed by atoms with van der Waals surface area (Å²) in [5.74, 6) is 2.25. The number of hydrogen-bond acceptors (Lipinski definition) is 5. The number of thioether (sulfide) groups is 1. The Morgan fingerprint density at radius 1 is 1.26 bits per heavy atom. The van der Waals surface area contributed by atoms with E-state index in [1.54, 1.807) is 24.9 Å². The van der Waals surface area contributed by atoms with Crippen LogP contribution in [0.1, 0.15) is 23.6 Å². The van der Waals surface area contributed by atoms with Crippen molar-refractivity contribution in [2.24, 2.45) is 4.99 Å². The average molecular weight is 559 g/mol. The summed E-state index contributed by atoms with van der Waals surface area (Å²) in [6.07, 6.45) is 4.08. The van der Waals surface area contributed by atoms with Gasteiger partial charge in [0.05, 0.1) is 12.7 Å². The highest BCUT2D eigenvalue weighted by Gasteiger charge is 2.18. The fraction of sp³-hybridized carbons (Fsp3) is 0.455. The quantitative estimate of drug-likeness (QED) is 0.306. The standard InChI is InChI=1S/C22H30FN5OS.HI/c1-16-14-28(8-9-29-16)21-10-17(6-7-25-21)12-26-22(24-2)27-13-18-4-5-20(23)11-19(18)15-30-3;/h4-7,10-11,16H,8-9,12-15H2,1-3H3,(H2,24,26,27);1H. The number of nitrogens with one attached hydrogen (secondary N) is 2. The van der Waals surface area contributed by atoms with Gasteiger partial charge >= 0.3 is 0 Å². The zero-order valence-electron chi connectivity index (χ0n) is 18.2. The summed E-state index contributed by atoms with van der Waals surface area (Å²) in [7, 11) is 1.75. The van der Waals surface area contributed by atoms with Gasteiger partial charge in [0.1, 0.15) is 11.6 Å². The molecular weight excluding hydrogens is 528 g/mol. The Kier molecular flexibility index (Phi) is 10.8. The highest BCUT2D eigenvalue weighted by Crippen LogP contribution is 2.17. The second-order valence-electron chi connectivity index (χ2n) is 7.28. The van der Waals surface area contributed by atoms with Crippen LogP contribution in [0.4, 0.5) is 10.2 Å². The molecule has 1 fully saturated rings. The van der Waals surface area contributed by atoms with Gasteiger partial charge in [-0.2, -0.15) is 11.8 Å². The van der Waals surface area contributed by atoms with Crippen molar-refractivity contribution in [1.82, 2.24) is 15.6 Å². The van der Waals surface area contributed by atoms with Gasteiger partial charge in [-0.25, -0.2) is 9.37 Å². The van der Waals surface area contributed by atoms with Gasteiger partial charge < -0.3 is 20.3 Å². The first-order chi connectivity index (χ1) is 14.6. The molecule has 3 rings (SSSR count). The fourth-order valence-electron chi connectivity index (χ4n) is 3.41. The molecule has 1 unspecified atom stereocenters. The van der Waals surface area contributed by atoms with Crippen molar-refractivity contribution in [1.29, 1.82) is 0 Å². The number of hydrogen-bond donors (Lipinski definition) is 2. The molecule has 1 saturated heterocycles. The van der Waals surface area contributed by atoms with Gasteiger partial charge in [-0.3, -0.25) is 4.99 Å². The van der Waals surface area contributed by atoms with Gasteiger partial charge in [0.25, 0.3) is 0 Å². The SMILES string of the molecule is CN=C(NCc1ccnc(N2CCOC(C)C2)c1)NCc1ccc(F)cc1CSC.I. The Labute approximate surface area is 205 Å². The van der Waals surface area contributed by atoms with Gasteiger partial charge in [0.2, 0.25) is 0 Å². The normalized spacial score (nSPS) is 16.6. The van der Waals surface area contributed by atoms with Crippen LogP contribution in [0.25, 0.3) is 0 Å². The molecule has 1 aromatic carbocycles. The molecule has 1 atom stereocenters. The zero-order valence-corrected chi connectivity index (χ0v) is 21.4. The summed E-state index contributed by atoms with van der Waals surface area (Å²) in [4.78, 5) is 11.1. The molecular formula is C22H31FIN5OS. The third-order valence-electron chi connectivity index (χ3n) is 4.97. The first kappa shape index (κ1) is 25.7. The summed E-state index contributed by atoms with van der Waals surface area (Å²) in [5.41, 5.74) is 3.21. The number of aromatic nitrogens is 1. The van der Waals surface area contributed by atoms with Crippen LogP contribution in [0, 0.1) is 5.82 Å². The first-order valence-electron chi connectivity index (χ1n) is 10.1. The lowest BCUT2D eigenvalue weighted by atomic mass is 10.1. The smallest absolute Gasteiger partial charge is 0.191 e. The number of halogens is 2. The molecule has 2 N–H and O–H groups in total. The Morgan fingerprint density at radius 2 is 2.06 bits per heavy atom. The minimum absolute atomic E-state index is 0. The molecule has 0 radical (unpaired) electrons. The van der Waals surface area contributed by atoms with Crippen molar-refractivity contribution >= 4 is 47.5 Å². The predicted octanol–water partition coefficient (Wildman–Crippen LogP) is 3.79. The number of guanidine groups is 1. The number of morpholine rings is 1. The lowest BCUT2D eigenvalue weighted by Gasteiger charge is -2.32. The van der Waals surface area contributed by atoms with Crippen molar-refractivity contribution in [3.8, 4) is 0 Å². The molecule has 1 aromatic heterocycles. The van der Waals surface area contributed by atoms with Crippen LogP contribution in [0.15, 0.2) is 41.5 Å². The Morgan fingerprint density at radius 3 is 2.81 bits per heavy atom. The highest BCUT2D eigenvalue weighted by molar-refractivity contribution is 14.0. The summed E-state index contributed by atoms with van der Waals surface area (Å²) in [6.45, 7) is 5.73. The molecule has 2 heterocycles. The van der Waals surface area contributed by atoms with E-state index in [1.807, 2.05) is 24.6 Å². The van der Waals surface area contributed by atoms with Crippen LogP contribution in [0.2, 0.25) is 0 Å². The van der Waals surface area contributed by atoms with E-state index in [0.29, 0.717) is 19.0 Å². The number of pyridine rings is 1. The molecule has 170 valence electrons. The topological polar surface area (TPSA) is 61.8 Å². The number of rotatable bonds is 7. The fourth-order valence-corrected chi connectivity index (χ4v) is 3.99. The molecule has 1 aliphatic heterocycles. The Bertz CT molecular complexity index is 870. The molecule has 0 spiro atoms. The maximum absolute atomic E-state index is 13.6. The van der Waals surface area contributed by atoms with E-state index in [1.165, 1.54) is 6.07 Å². The lowest BCUT2D eigenvalue weighted by Crippen LogP contribution is -2.41. The summed E-state index contributed by atoms with van der Waals surface area (Å²) >= 11 is 1.68. The molecule has 0 amide bonds. The van der Waals surface area contributed by atoms with Crippen molar-refractivity contribution in [2.75, 3.05) is 37.9 Å². The van der Waals surface area contributed by atoms with Crippen LogP contribution in [0.5, 0.6) is 0 Å². The largest absolute Gasteiger partial charge is 0.375 e. The van der Waals surface area contributed by atoms with Gasteiger partial charge in [-0.05, 0) is 54.1 Å². The van der Waals surface area contributed by atoms with Gasteiger partial charge in [-0.15, -0.1) is 24.0 Å². The van der Waals surface area contributed by atoms with Crippen molar-refractivity contribution < 1.29 is 9.13 Å². The van der Waals surface area contributed by atoms with Crippen LogP contribution in [-0.2, 0) is 23.6 Å². The van der Waals surface area contributed by atoms with Crippen LogP contribution in [0.3, 0.4) is 0 Å². The van der Waals surface area contributed by atoms with Crippen molar-refractivity contribution in [3.63, 3.8) is 0 Å². The zero-order chi connectivity index (χ0) is 21.3. The molecule has 6 nitrogen and oxygen atoms in total. The van der Waals surface area contributed by atoms with Crippen molar-refractivity contribution in [3.05, 3.63) is 59.0 Å². The van der Waals surface area contributed by atoms with E-state index in [2.05, 4.69) is 38.5 Å². The molecule has 9 heteroatoms. The minimum atomic E-state index is -0.200. The molecule has 31 heavy (non-hydrogen) atoms. The molecule has 0 bridgehead atoms. The summed E-state index contributed by atoms with van der Waals surface area (Å²) < 4.78 is 19.2. The average Bonchev–Trinajstić information content (AvgIpc) is 2.75. The van der Waals surface area contributed by atoms with E-state index in [9.17, 15) is 4.39 Å². The number of ether oxygens (including phenoxy) is 1. The van der Waals surface area contributed by atoms with Crippen LogP contribution >= 0.6 is 35.7 Å². The number of benzene rings is 1. The van der Waals surface area contributed by atoms with Gasteiger partial charge in [-0.1, -0.05) is 6.07 Å². The number of nitrogens with zero attached hydrogens (tertiary/aromatic N) is 3. The summed E-state index contributed by atoms with van der Waals surface area (Å²) in [6, 6.07) is 9.05. The van der Waals surface area contributed by atoms with Gasteiger partial charge in [0.15, 0.2) is 5.96 Å². The van der Waals surface area contributed by atoms with E-state index in [0.717, 1.165) is 48.0 Å². The molecule has 0 saturated carbocycles. The van der Waals surface area contributed by atoms with Crippen LogP contribution in [-0.4, -0.2) is 50.0 Å². The van der Waals surface area contributed by atoms with E-state index < -0.39 is 0 Å². The lowest BCUT2D eigenvalue weighted by molar-refractivity contribution is 0.0529. The Balaban J connectivity index is 0.00000341. The number of anilines is 1. The molecule has 2 aromatic rings. The monoisotopic (exact) mass is 559 g/mol. The minimum Gasteiger partial charge on any atom is -0.375 e. The van der Waals surface area contributed by atoms with E-state index in [-0.39, 0.29) is 35.9 Å². The second kappa shape index (κ2) is 13.1. The Hall–Kier alpha value is -1.59. The third kappa shape index (κ3) is 7.80. The second-order valence-corrected chi connectivity index (χ2v) is 8.14. The molecule has 0 aliphatic carbocycles. The molecule has 1 aliphatic rings. The highest BCUT2D eigenvalue weighted by atomic mass is 127. The third-order valence-corrected chi connectivity index (χ3v) is 5.57. The van der Waals surface area contributed by atoms with E-state index in [4.69, 9.17) is 4.74 Å². The first-order valence-corrected chi connectivity index (χ1v) is 11.5. The maximum atomic E-state index is 13.6.